The monoisotopic (exact) mass is 245 g/mol. The number of ether oxygens (including phenoxy) is 1. The molecule has 2 atom stereocenters. The Morgan fingerprint density at radius 3 is 2.65 bits per heavy atom. The maximum absolute atomic E-state index is 11.8. The minimum absolute atomic E-state index is 0.0628. The van der Waals surface area contributed by atoms with E-state index >= 15 is 0 Å². The van der Waals surface area contributed by atoms with Crippen LogP contribution in [0.4, 0.5) is 0 Å². The average molecular weight is 245 g/mol. The van der Waals surface area contributed by atoms with Gasteiger partial charge in [-0.05, 0) is 32.9 Å². The first kappa shape index (κ1) is 16.4. The van der Waals surface area contributed by atoms with Gasteiger partial charge in [-0.25, -0.2) is 0 Å². The molecule has 0 heterocycles. The van der Waals surface area contributed by atoms with Crippen LogP contribution in [-0.2, 0) is 9.53 Å². The van der Waals surface area contributed by atoms with Gasteiger partial charge in [-0.3, -0.25) is 9.69 Å². The van der Waals surface area contributed by atoms with E-state index in [4.69, 9.17) is 10.5 Å². The van der Waals surface area contributed by atoms with Gasteiger partial charge in [-0.1, -0.05) is 6.92 Å². The maximum atomic E-state index is 11.8. The molecule has 2 unspecified atom stereocenters. The third kappa shape index (κ3) is 7.31. The number of amides is 1. The van der Waals surface area contributed by atoms with Crippen molar-refractivity contribution in [1.82, 2.24) is 10.2 Å². The molecule has 0 saturated heterocycles. The van der Waals surface area contributed by atoms with Crippen molar-refractivity contribution in [2.75, 3.05) is 40.4 Å². The molecule has 5 nitrogen and oxygen atoms in total. The Balaban J connectivity index is 3.86. The van der Waals surface area contributed by atoms with Crippen LogP contribution in [0.2, 0.25) is 0 Å². The number of rotatable bonds is 9. The van der Waals surface area contributed by atoms with E-state index in [2.05, 4.69) is 12.2 Å². The SMILES string of the molecule is COCCCNC(=O)C(C)N(C)CC(C)CN. The Morgan fingerprint density at radius 1 is 1.47 bits per heavy atom. The number of hydrogen-bond acceptors (Lipinski definition) is 4. The van der Waals surface area contributed by atoms with Crippen LogP contribution in [0.1, 0.15) is 20.3 Å². The van der Waals surface area contributed by atoms with Crippen LogP contribution in [0.15, 0.2) is 0 Å². The minimum atomic E-state index is -0.119. The Kier molecular flexibility index (Phi) is 9.03. The summed E-state index contributed by atoms with van der Waals surface area (Å²) in [5.41, 5.74) is 5.57. The molecule has 17 heavy (non-hydrogen) atoms. The number of methoxy groups -OCH3 is 1. The first-order valence-corrected chi connectivity index (χ1v) is 6.19. The zero-order chi connectivity index (χ0) is 13.3. The summed E-state index contributed by atoms with van der Waals surface area (Å²) in [5, 5.41) is 2.90. The summed E-state index contributed by atoms with van der Waals surface area (Å²) in [6.45, 7) is 6.82. The lowest BCUT2D eigenvalue weighted by Gasteiger charge is -2.26. The van der Waals surface area contributed by atoms with Crippen LogP contribution in [-0.4, -0.2) is 57.2 Å². The van der Waals surface area contributed by atoms with Gasteiger partial charge in [0.25, 0.3) is 0 Å². The lowest BCUT2D eigenvalue weighted by Crippen LogP contribution is -2.45. The summed E-state index contributed by atoms with van der Waals surface area (Å²) in [5.74, 6) is 0.469. The number of carbonyl (C=O) groups excluding carboxylic acids is 1. The molecule has 0 radical (unpaired) electrons. The standard InChI is InChI=1S/C12H27N3O2/c1-10(8-13)9-15(3)11(2)12(16)14-6-5-7-17-4/h10-11H,5-9,13H2,1-4H3,(H,14,16). The van der Waals surface area contributed by atoms with Gasteiger partial charge >= 0.3 is 0 Å². The van der Waals surface area contributed by atoms with Crippen molar-refractivity contribution in [2.45, 2.75) is 26.3 Å². The average Bonchev–Trinajstić information content (AvgIpc) is 2.33. The van der Waals surface area contributed by atoms with Crippen molar-refractivity contribution < 1.29 is 9.53 Å². The van der Waals surface area contributed by atoms with Crippen LogP contribution in [0.5, 0.6) is 0 Å². The molecule has 0 bridgehead atoms. The predicted molar refractivity (Wildman–Crippen MR) is 69.8 cm³/mol. The van der Waals surface area contributed by atoms with Crippen LogP contribution < -0.4 is 11.1 Å². The molecule has 0 rings (SSSR count). The molecule has 0 aromatic heterocycles. The van der Waals surface area contributed by atoms with Crippen LogP contribution in [0, 0.1) is 5.92 Å². The van der Waals surface area contributed by atoms with Crippen molar-refractivity contribution in [3.63, 3.8) is 0 Å². The van der Waals surface area contributed by atoms with Crippen molar-refractivity contribution >= 4 is 5.91 Å². The molecule has 0 saturated carbocycles. The number of nitrogens with two attached hydrogens (primary N) is 1. The van der Waals surface area contributed by atoms with Gasteiger partial charge in [-0.15, -0.1) is 0 Å². The number of nitrogens with one attached hydrogen (secondary N) is 1. The van der Waals surface area contributed by atoms with E-state index in [1.165, 1.54) is 0 Å². The predicted octanol–water partition coefficient (Wildman–Crippen LogP) is 0.0542. The Labute approximate surface area is 105 Å². The first-order chi connectivity index (χ1) is 8.02. The molecule has 0 aliphatic heterocycles. The van der Waals surface area contributed by atoms with Gasteiger partial charge < -0.3 is 15.8 Å². The number of nitrogens with zero attached hydrogens (tertiary/aromatic N) is 1. The van der Waals surface area contributed by atoms with E-state index in [-0.39, 0.29) is 11.9 Å². The fourth-order valence-corrected chi connectivity index (χ4v) is 1.50. The van der Waals surface area contributed by atoms with Gasteiger partial charge in [0.05, 0.1) is 6.04 Å². The van der Waals surface area contributed by atoms with E-state index in [1.807, 2.05) is 18.9 Å². The van der Waals surface area contributed by atoms with Gasteiger partial charge in [0.15, 0.2) is 0 Å². The largest absolute Gasteiger partial charge is 0.385 e. The molecule has 0 aromatic carbocycles. The van der Waals surface area contributed by atoms with Crippen molar-refractivity contribution in [1.29, 1.82) is 0 Å². The van der Waals surface area contributed by atoms with Crippen LogP contribution >= 0.6 is 0 Å². The number of likely N-dealkylation sites (N-methyl/N-ethyl adjacent to an activating group) is 1. The van der Waals surface area contributed by atoms with Crippen LogP contribution in [0.25, 0.3) is 0 Å². The van der Waals surface area contributed by atoms with E-state index < -0.39 is 0 Å². The Morgan fingerprint density at radius 2 is 2.12 bits per heavy atom. The molecule has 102 valence electrons. The van der Waals surface area contributed by atoms with Crippen molar-refractivity contribution in [3.05, 3.63) is 0 Å². The second-order valence-corrected chi connectivity index (χ2v) is 4.59. The molecule has 0 aliphatic carbocycles. The molecule has 1 amide bonds. The van der Waals surface area contributed by atoms with E-state index in [0.29, 0.717) is 25.6 Å². The smallest absolute Gasteiger partial charge is 0.237 e. The Hall–Kier alpha value is -0.650. The van der Waals surface area contributed by atoms with Crippen molar-refractivity contribution in [3.8, 4) is 0 Å². The molecule has 0 spiro atoms. The van der Waals surface area contributed by atoms with Gasteiger partial charge in [0.1, 0.15) is 0 Å². The van der Waals surface area contributed by atoms with E-state index in [0.717, 1.165) is 13.0 Å². The molecular formula is C12H27N3O2. The highest BCUT2D eigenvalue weighted by Gasteiger charge is 2.18. The molecule has 0 fully saturated rings. The third-order valence-electron chi connectivity index (χ3n) is 2.87. The molecule has 0 aromatic rings. The second-order valence-electron chi connectivity index (χ2n) is 4.59. The van der Waals surface area contributed by atoms with E-state index in [9.17, 15) is 4.79 Å². The summed E-state index contributed by atoms with van der Waals surface area (Å²) in [6, 6.07) is -0.119. The Bertz CT molecular complexity index is 212. The normalized spacial score (nSPS) is 14.7. The summed E-state index contributed by atoms with van der Waals surface area (Å²) in [7, 11) is 3.61. The summed E-state index contributed by atoms with van der Waals surface area (Å²) in [6.07, 6.45) is 0.845. The highest BCUT2D eigenvalue weighted by atomic mass is 16.5. The third-order valence-corrected chi connectivity index (χ3v) is 2.87. The highest BCUT2D eigenvalue weighted by molar-refractivity contribution is 5.81. The zero-order valence-electron chi connectivity index (χ0n) is 11.5. The molecule has 0 aliphatic rings. The zero-order valence-corrected chi connectivity index (χ0v) is 11.5. The fraction of sp³-hybridized carbons (Fsp3) is 0.917. The topological polar surface area (TPSA) is 67.6 Å². The summed E-state index contributed by atoms with van der Waals surface area (Å²) >= 11 is 0. The number of hydrogen-bond donors (Lipinski definition) is 2. The minimum Gasteiger partial charge on any atom is -0.385 e. The number of carbonyl (C=O) groups is 1. The molecular weight excluding hydrogens is 218 g/mol. The van der Waals surface area contributed by atoms with Crippen molar-refractivity contribution in [2.24, 2.45) is 11.7 Å². The summed E-state index contributed by atoms with van der Waals surface area (Å²) in [4.78, 5) is 13.8. The maximum Gasteiger partial charge on any atom is 0.237 e. The first-order valence-electron chi connectivity index (χ1n) is 6.19. The van der Waals surface area contributed by atoms with Gasteiger partial charge in [-0.2, -0.15) is 0 Å². The summed E-state index contributed by atoms with van der Waals surface area (Å²) < 4.78 is 4.92. The highest BCUT2D eigenvalue weighted by Crippen LogP contribution is 2.01. The van der Waals surface area contributed by atoms with Gasteiger partial charge in [0.2, 0.25) is 5.91 Å². The quantitative estimate of drug-likeness (QED) is 0.563. The molecule has 5 heteroatoms. The molecule has 3 N–H and O–H groups in total. The fourth-order valence-electron chi connectivity index (χ4n) is 1.50. The van der Waals surface area contributed by atoms with E-state index in [1.54, 1.807) is 7.11 Å². The van der Waals surface area contributed by atoms with Gasteiger partial charge in [0, 0.05) is 26.8 Å². The lowest BCUT2D eigenvalue weighted by molar-refractivity contribution is -0.125. The lowest BCUT2D eigenvalue weighted by atomic mass is 10.1. The van der Waals surface area contributed by atoms with Crippen LogP contribution in [0.3, 0.4) is 0 Å². The second kappa shape index (κ2) is 9.39.